The van der Waals surface area contributed by atoms with Crippen LogP contribution in [0.2, 0.25) is 0 Å². The summed E-state index contributed by atoms with van der Waals surface area (Å²) in [6.45, 7) is 7.15. The third-order valence-electron chi connectivity index (χ3n) is 2.28. The van der Waals surface area contributed by atoms with E-state index in [1.165, 1.54) is 0 Å². The Morgan fingerprint density at radius 2 is 1.80 bits per heavy atom. The number of quaternary nitrogens is 1. The standard InChI is InChI=1S/C13H27NO5P/c1-12(2)13(15)18-9-8-17-10-11-20(16)19-7-6-14(3,4)5/h20H,1,6-11H2,2-5H3/q+1. The fourth-order valence-corrected chi connectivity index (χ4v) is 1.85. The van der Waals surface area contributed by atoms with Gasteiger partial charge in [-0.1, -0.05) is 6.58 Å². The first-order valence-corrected chi connectivity index (χ1v) is 8.11. The molecule has 0 radical (unpaired) electrons. The van der Waals surface area contributed by atoms with Gasteiger partial charge in [0.05, 0.1) is 34.4 Å². The lowest BCUT2D eigenvalue weighted by atomic mass is 10.4. The maximum atomic E-state index is 11.5. The van der Waals surface area contributed by atoms with Crippen LogP contribution in [0.1, 0.15) is 6.92 Å². The Morgan fingerprint density at radius 3 is 2.35 bits per heavy atom. The second-order valence-electron chi connectivity index (χ2n) is 5.51. The van der Waals surface area contributed by atoms with Gasteiger partial charge >= 0.3 is 5.97 Å². The first kappa shape index (κ1) is 19.3. The van der Waals surface area contributed by atoms with Crippen molar-refractivity contribution in [3.8, 4) is 0 Å². The van der Waals surface area contributed by atoms with E-state index in [4.69, 9.17) is 14.0 Å². The molecule has 0 saturated carbocycles. The fourth-order valence-electron chi connectivity index (χ4n) is 1.08. The molecule has 0 N–H and O–H groups in total. The molecule has 0 saturated heterocycles. The topological polar surface area (TPSA) is 61.8 Å². The van der Waals surface area contributed by atoms with Gasteiger partial charge in [-0.3, -0.25) is 4.57 Å². The largest absolute Gasteiger partial charge is 0.460 e. The van der Waals surface area contributed by atoms with Crippen molar-refractivity contribution in [3.63, 3.8) is 0 Å². The van der Waals surface area contributed by atoms with Crippen LogP contribution in [-0.2, 0) is 23.4 Å². The molecular formula is C13H27NO5P+. The van der Waals surface area contributed by atoms with Crippen LogP contribution >= 0.6 is 8.03 Å². The lowest BCUT2D eigenvalue weighted by molar-refractivity contribution is -0.870. The third-order valence-corrected chi connectivity index (χ3v) is 3.42. The smallest absolute Gasteiger partial charge is 0.333 e. The summed E-state index contributed by atoms with van der Waals surface area (Å²) < 4.78 is 27.6. The molecular weight excluding hydrogens is 281 g/mol. The molecule has 0 aliphatic rings. The van der Waals surface area contributed by atoms with Crippen LogP contribution in [0.5, 0.6) is 0 Å². The zero-order chi connectivity index (χ0) is 15.6. The summed E-state index contributed by atoms with van der Waals surface area (Å²) in [6, 6.07) is 0. The van der Waals surface area contributed by atoms with E-state index in [1.807, 2.05) is 0 Å². The minimum absolute atomic E-state index is 0.176. The number of esters is 1. The van der Waals surface area contributed by atoms with Crippen LogP contribution < -0.4 is 0 Å². The summed E-state index contributed by atoms with van der Waals surface area (Å²) in [5, 5.41) is 0. The van der Waals surface area contributed by atoms with Crippen molar-refractivity contribution < 1.29 is 27.8 Å². The molecule has 0 aliphatic carbocycles. The average molecular weight is 308 g/mol. The highest BCUT2D eigenvalue weighted by Crippen LogP contribution is 2.21. The minimum atomic E-state index is -2.04. The van der Waals surface area contributed by atoms with E-state index < -0.39 is 14.0 Å². The molecule has 0 heterocycles. The molecule has 0 rings (SSSR count). The molecule has 1 atom stereocenters. The van der Waals surface area contributed by atoms with E-state index in [0.29, 0.717) is 24.9 Å². The summed E-state index contributed by atoms with van der Waals surface area (Å²) in [5.41, 5.74) is 0.362. The van der Waals surface area contributed by atoms with Crippen molar-refractivity contribution in [3.05, 3.63) is 12.2 Å². The summed E-state index contributed by atoms with van der Waals surface area (Å²) >= 11 is 0. The second kappa shape index (κ2) is 10.1. The predicted octanol–water partition coefficient (Wildman–Crippen LogP) is 1.32. The van der Waals surface area contributed by atoms with Gasteiger partial charge in [-0.2, -0.15) is 0 Å². The number of carbonyl (C=O) groups is 1. The summed E-state index contributed by atoms with van der Waals surface area (Å²) in [5.74, 6) is -0.425. The molecule has 0 aromatic rings. The summed E-state index contributed by atoms with van der Waals surface area (Å²) in [7, 11) is 4.12. The first-order chi connectivity index (χ1) is 9.22. The molecule has 1 unspecified atom stereocenters. The molecule has 118 valence electrons. The Kier molecular flexibility index (Phi) is 9.76. The molecule has 0 aromatic heterocycles. The SMILES string of the molecule is C=C(C)C(=O)OCCOCC[PH](=O)OCC[N+](C)(C)C. The van der Waals surface area contributed by atoms with E-state index >= 15 is 0 Å². The van der Waals surface area contributed by atoms with Crippen LogP contribution in [0, 0.1) is 0 Å². The Labute approximate surface area is 122 Å². The quantitative estimate of drug-likeness (QED) is 0.189. The van der Waals surface area contributed by atoms with Gasteiger partial charge in [-0.25, -0.2) is 4.79 Å². The van der Waals surface area contributed by atoms with Crippen molar-refractivity contribution >= 4 is 14.0 Å². The van der Waals surface area contributed by atoms with Gasteiger partial charge in [0, 0.05) is 11.7 Å². The van der Waals surface area contributed by atoms with E-state index in [1.54, 1.807) is 6.92 Å². The Balaban J connectivity index is 3.44. The van der Waals surface area contributed by atoms with E-state index in [2.05, 4.69) is 27.7 Å². The van der Waals surface area contributed by atoms with Crippen molar-refractivity contribution in [2.75, 3.05) is 60.3 Å². The maximum Gasteiger partial charge on any atom is 0.333 e. The van der Waals surface area contributed by atoms with Gasteiger partial charge in [0.1, 0.15) is 19.8 Å². The molecule has 0 bridgehead atoms. The van der Waals surface area contributed by atoms with Gasteiger partial charge in [-0.05, 0) is 6.92 Å². The number of ether oxygens (including phenoxy) is 2. The number of rotatable bonds is 11. The molecule has 20 heavy (non-hydrogen) atoms. The first-order valence-electron chi connectivity index (χ1n) is 6.59. The second-order valence-corrected chi connectivity index (χ2v) is 7.05. The number of hydrogen-bond acceptors (Lipinski definition) is 5. The number of carbonyl (C=O) groups excluding carboxylic acids is 1. The van der Waals surface area contributed by atoms with Gasteiger partial charge in [0.2, 0.25) is 0 Å². The zero-order valence-electron chi connectivity index (χ0n) is 12.9. The van der Waals surface area contributed by atoms with Crippen LogP contribution in [0.4, 0.5) is 0 Å². The van der Waals surface area contributed by atoms with Crippen molar-refractivity contribution in [2.24, 2.45) is 0 Å². The molecule has 7 heteroatoms. The fraction of sp³-hybridized carbons (Fsp3) is 0.769. The van der Waals surface area contributed by atoms with Gasteiger partial charge < -0.3 is 18.5 Å². The monoisotopic (exact) mass is 308 g/mol. The Hall–Kier alpha value is -0.680. The van der Waals surface area contributed by atoms with Crippen LogP contribution in [-0.4, -0.2) is 70.7 Å². The van der Waals surface area contributed by atoms with Gasteiger partial charge in [-0.15, -0.1) is 0 Å². The average Bonchev–Trinajstić information content (AvgIpc) is 2.31. The third kappa shape index (κ3) is 12.4. The highest BCUT2D eigenvalue weighted by molar-refractivity contribution is 7.39. The molecule has 0 aliphatic heterocycles. The number of likely N-dealkylation sites (N-methyl/N-ethyl adjacent to an activating group) is 1. The summed E-state index contributed by atoms with van der Waals surface area (Å²) in [4.78, 5) is 11.0. The van der Waals surface area contributed by atoms with Crippen LogP contribution in [0.25, 0.3) is 0 Å². The molecule has 0 aromatic carbocycles. The van der Waals surface area contributed by atoms with E-state index in [-0.39, 0.29) is 13.2 Å². The van der Waals surface area contributed by atoms with Crippen molar-refractivity contribution in [1.82, 2.24) is 0 Å². The predicted molar refractivity (Wildman–Crippen MR) is 79.3 cm³/mol. The maximum absolute atomic E-state index is 11.5. The molecule has 0 fully saturated rings. The van der Waals surface area contributed by atoms with E-state index in [9.17, 15) is 9.36 Å². The van der Waals surface area contributed by atoms with Crippen molar-refractivity contribution in [2.45, 2.75) is 6.92 Å². The van der Waals surface area contributed by atoms with Crippen molar-refractivity contribution in [1.29, 1.82) is 0 Å². The summed E-state index contributed by atoms with van der Waals surface area (Å²) in [6.07, 6.45) is 0.385. The van der Waals surface area contributed by atoms with E-state index in [0.717, 1.165) is 11.0 Å². The lowest BCUT2D eigenvalue weighted by Crippen LogP contribution is -2.37. The zero-order valence-corrected chi connectivity index (χ0v) is 13.9. The van der Waals surface area contributed by atoms with Gasteiger partial charge in [0.15, 0.2) is 8.03 Å². The van der Waals surface area contributed by atoms with Crippen LogP contribution in [0.15, 0.2) is 12.2 Å². The molecule has 0 amide bonds. The highest BCUT2D eigenvalue weighted by Gasteiger charge is 2.08. The highest BCUT2D eigenvalue weighted by atomic mass is 31.1. The minimum Gasteiger partial charge on any atom is -0.460 e. The molecule has 6 nitrogen and oxygen atoms in total. The van der Waals surface area contributed by atoms with Gasteiger partial charge in [0.25, 0.3) is 0 Å². The lowest BCUT2D eigenvalue weighted by Gasteiger charge is -2.23. The number of nitrogens with zero attached hydrogens (tertiary/aromatic N) is 1. The molecule has 0 spiro atoms. The Morgan fingerprint density at radius 1 is 1.15 bits per heavy atom. The van der Waals surface area contributed by atoms with Crippen LogP contribution in [0.3, 0.4) is 0 Å². The Bertz CT molecular complexity index is 338. The number of hydrogen-bond donors (Lipinski definition) is 0. The normalized spacial score (nSPS) is 13.0.